The third kappa shape index (κ3) is 5.03. The van der Waals surface area contributed by atoms with Crippen molar-refractivity contribution in [2.75, 3.05) is 26.4 Å². The number of aliphatic hydroxyl groups is 1. The maximum absolute atomic E-state index is 13.2. The summed E-state index contributed by atoms with van der Waals surface area (Å²) in [6.45, 7) is 6.28. The second-order valence-corrected chi connectivity index (χ2v) is 8.71. The molecule has 7 heteroatoms. The minimum absolute atomic E-state index is 0.0740. The number of hydrogen-bond acceptors (Lipinski definition) is 6. The first-order valence-electron chi connectivity index (χ1n) is 8.35. The molecule has 25 heavy (non-hydrogen) atoms. The highest BCUT2D eigenvalue weighted by molar-refractivity contribution is 7.87. The molecule has 0 aromatic heterocycles. The van der Waals surface area contributed by atoms with Gasteiger partial charge in [0.25, 0.3) is 0 Å². The van der Waals surface area contributed by atoms with E-state index >= 15 is 0 Å². The van der Waals surface area contributed by atoms with Crippen LogP contribution in [-0.4, -0.2) is 52.1 Å². The van der Waals surface area contributed by atoms with E-state index in [4.69, 9.17) is 19.3 Å². The van der Waals surface area contributed by atoms with Gasteiger partial charge in [-0.15, -0.1) is 0 Å². The molecule has 1 aromatic rings. The zero-order valence-corrected chi connectivity index (χ0v) is 15.8. The average Bonchev–Trinajstić information content (AvgIpc) is 2.59. The second-order valence-electron chi connectivity index (χ2n) is 6.92. The van der Waals surface area contributed by atoms with Crippen molar-refractivity contribution in [2.45, 2.75) is 48.9 Å². The Morgan fingerprint density at radius 2 is 1.84 bits per heavy atom. The molecule has 1 aliphatic heterocycles. The lowest BCUT2D eigenvalue weighted by Crippen LogP contribution is -2.50. The third-order valence-electron chi connectivity index (χ3n) is 3.82. The number of rotatable bonds is 6. The zero-order chi connectivity index (χ0) is 18.5. The Labute approximate surface area is 150 Å². The first-order valence-corrected chi connectivity index (χ1v) is 9.50. The molecule has 1 heterocycles. The van der Waals surface area contributed by atoms with Crippen LogP contribution in [0.2, 0.25) is 0 Å². The molecule has 140 valence electrons. The van der Waals surface area contributed by atoms with Crippen molar-refractivity contribution in [3.8, 4) is 5.75 Å². The first-order chi connectivity index (χ1) is 11.8. The van der Waals surface area contributed by atoms with E-state index in [1.54, 1.807) is 45.0 Å². The van der Waals surface area contributed by atoms with E-state index in [0.29, 0.717) is 36.7 Å². The lowest BCUT2D eigenvalue weighted by molar-refractivity contribution is -0.160. The molecule has 1 aliphatic rings. The van der Waals surface area contributed by atoms with Crippen LogP contribution in [0.3, 0.4) is 0 Å². The van der Waals surface area contributed by atoms with Crippen LogP contribution in [-0.2, 0) is 25.1 Å². The molecule has 1 aromatic carbocycles. The molecule has 0 bridgehead atoms. The normalized spacial score (nSPS) is 18.4. The number of benzene rings is 1. The van der Waals surface area contributed by atoms with Gasteiger partial charge in [-0.25, -0.2) is 0 Å². The Hall–Kier alpha value is -1.44. The minimum Gasteiger partial charge on any atom is -0.491 e. The Morgan fingerprint density at radius 3 is 2.36 bits per heavy atom. The molecule has 0 saturated carbocycles. The summed E-state index contributed by atoms with van der Waals surface area (Å²) < 4.78 is 28.4. The van der Waals surface area contributed by atoms with Crippen molar-refractivity contribution in [2.24, 2.45) is 0 Å². The monoisotopic (exact) mass is 370 g/mol. The molecular formula is C18H26O6S. The van der Waals surface area contributed by atoms with Crippen LogP contribution in [0.1, 0.15) is 33.6 Å². The maximum Gasteiger partial charge on any atom is 0.325 e. The van der Waals surface area contributed by atoms with E-state index in [2.05, 4.69) is 0 Å². The molecule has 2 rings (SSSR count). The summed E-state index contributed by atoms with van der Waals surface area (Å²) in [6.07, 6.45) is 0.717. The number of hydrogen-bond donors (Lipinski definition) is 1. The van der Waals surface area contributed by atoms with E-state index in [-0.39, 0.29) is 13.2 Å². The summed E-state index contributed by atoms with van der Waals surface area (Å²) >= 11 is 0. The van der Waals surface area contributed by atoms with Gasteiger partial charge in [-0.1, -0.05) is 0 Å². The van der Waals surface area contributed by atoms with Gasteiger partial charge in [-0.2, -0.15) is 0 Å². The fourth-order valence-electron chi connectivity index (χ4n) is 2.59. The molecule has 1 unspecified atom stereocenters. The predicted molar refractivity (Wildman–Crippen MR) is 94.1 cm³/mol. The van der Waals surface area contributed by atoms with Crippen LogP contribution in [0.25, 0.3) is 0 Å². The largest absolute Gasteiger partial charge is 0.491 e. The third-order valence-corrected chi connectivity index (χ3v) is 5.81. The van der Waals surface area contributed by atoms with Gasteiger partial charge in [0.1, 0.15) is 18.0 Å². The fraction of sp³-hybridized carbons (Fsp3) is 0.611. The standard InChI is InChI=1S/C18H26O6S/c1-17(2,3)24-16(20)18(8-11-22-12-9-18)25(21)15-6-4-14(5-7-15)23-13-10-19/h4-7,19H,8-13H2,1-3H3. The quantitative estimate of drug-likeness (QED) is 0.772. The molecule has 0 spiro atoms. The van der Waals surface area contributed by atoms with Gasteiger partial charge in [0.2, 0.25) is 0 Å². The number of esters is 1. The van der Waals surface area contributed by atoms with E-state index < -0.39 is 27.1 Å². The van der Waals surface area contributed by atoms with Crippen molar-refractivity contribution in [3.63, 3.8) is 0 Å². The van der Waals surface area contributed by atoms with Gasteiger partial charge in [-0.05, 0) is 57.9 Å². The Morgan fingerprint density at radius 1 is 1.24 bits per heavy atom. The second kappa shape index (κ2) is 8.29. The highest BCUT2D eigenvalue weighted by Crippen LogP contribution is 2.35. The van der Waals surface area contributed by atoms with Crippen molar-refractivity contribution in [3.05, 3.63) is 24.3 Å². The molecule has 1 N–H and O–H groups in total. The van der Waals surface area contributed by atoms with Crippen molar-refractivity contribution >= 4 is 16.8 Å². The molecule has 0 amide bonds. The van der Waals surface area contributed by atoms with Crippen LogP contribution in [0.5, 0.6) is 5.75 Å². The van der Waals surface area contributed by atoms with Gasteiger partial charge in [0.15, 0.2) is 4.75 Å². The van der Waals surface area contributed by atoms with Crippen LogP contribution >= 0.6 is 0 Å². The summed E-state index contributed by atoms with van der Waals surface area (Å²) in [6, 6.07) is 6.74. The van der Waals surface area contributed by atoms with Crippen LogP contribution in [0, 0.1) is 0 Å². The van der Waals surface area contributed by atoms with Crippen LogP contribution < -0.4 is 4.74 Å². The Bertz CT molecular complexity index is 599. The smallest absolute Gasteiger partial charge is 0.325 e. The summed E-state index contributed by atoms with van der Waals surface area (Å²) in [7, 11) is -1.57. The molecule has 6 nitrogen and oxygen atoms in total. The molecule has 1 saturated heterocycles. The van der Waals surface area contributed by atoms with Gasteiger partial charge < -0.3 is 19.3 Å². The molecule has 0 aliphatic carbocycles. The van der Waals surface area contributed by atoms with Gasteiger partial charge >= 0.3 is 5.97 Å². The number of carbonyl (C=O) groups excluding carboxylic acids is 1. The van der Waals surface area contributed by atoms with E-state index in [1.165, 1.54) is 0 Å². The van der Waals surface area contributed by atoms with Crippen LogP contribution in [0.15, 0.2) is 29.2 Å². The SMILES string of the molecule is CC(C)(C)OC(=O)C1(S(=O)c2ccc(OCCO)cc2)CCOCC1. The fourth-order valence-corrected chi connectivity index (χ4v) is 4.15. The van der Waals surface area contributed by atoms with Crippen molar-refractivity contribution in [1.29, 1.82) is 0 Å². The highest BCUT2D eigenvalue weighted by Gasteiger charge is 2.49. The van der Waals surface area contributed by atoms with Crippen molar-refractivity contribution in [1.82, 2.24) is 0 Å². The Balaban J connectivity index is 2.25. The summed E-state index contributed by atoms with van der Waals surface area (Å²) in [5, 5.41) is 8.79. The van der Waals surface area contributed by atoms with Gasteiger partial charge in [-0.3, -0.25) is 9.00 Å². The molecule has 1 atom stereocenters. The first kappa shape index (κ1) is 19.9. The molecule has 1 fully saturated rings. The predicted octanol–water partition coefficient (Wildman–Crippen LogP) is 2.06. The topological polar surface area (TPSA) is 82.1 Å². The van der Waals surface area contributed by atoms with E-state index in [9.17, 15) is 9.00 Å². The number of carbonyl (C=O) groups is 1. The maximum atomic E-state index is 13.2. The summed E-state index contributed by atoms with van der Waals surface area (Å²) in [4.78, 5) is 13.4. The molecule has 0 radical (unpaired) electrons. The van der Waals surface area contributed by atoms with Gasteiger partial charge in [0, 0.05) is 18.1 Å². The van der Waals surface area contributed by atoms with Gasteiger partial charge in [0.05, 0.1) is 17.4 Å². The van der Waals surface area contributed by atoms with E-state index in [0.717, 1.165) is 0 Å². The van der Waals surface area contributed by atoms with Crippen LogP contribution in [0.4, 0.5) is 0 Å². The number of ether oxygens (including phenoxy) is 3. The average molecular weight is 370 g/mol. The Kier molecular flexibility index (Phi) is 6.59. The summed E-state index contributed by atoms with van der Waals surface area (Å²) in [5.74, 6) is 0.135. The highest BCUT2D eigenvalue weighted by atomic mass is 32.2. The summed E-state index contributed by atoms with van der Waals surface area (Å²) in [5.41, 5.74) is -0.644. The van der Waals surface area contributed by atoms with E-state index in [1.807, 2.05) is 0 Å². The lowest BCUT2D eigenvalue weighted by Gasteiger charge is -2.36. The molecular weight excluding hydrogens is 344 g/mol. The number of aliphatic hydroxyl groups excluding tert-OH is 1. The zero-order valence-electron chi connectivity index (χ0n) is 14.9. The minimum atomic E-state index is -1.57. The lowest BCUT2D eigenvalue weighted by atomic mass is 9.99. The van der Waals surface area contributed by atoms with Crippen molar-refractivity contribution < 1.29 is 28.3 Å².